The summed E-state index contributed by atoms with van der Waals surface area (Å²) in [5, 5.41) is 6.99. The Kier molecular flexibility index (Phi) is 3.07. The molecule has 1 aromatic rings. The molecule has 4 nitrogen and oxygen atoms in total. The molecule has 1 atom stereocenters. The molecule has 84 valence electrons. The molecule has 0 bridgehead atoms. The van der Waals surface area contributed by atoms with Gasteiger partial charge in [0.2, 0.25) is 0 Å². The minimum Gasteiger partial charge on any atom is -0.338 e. The van der Waals surface area contributed by atoms with Crippen molar-refractivity contribution in [2.75, 3.05) is 19.6 Å². The number of nitrogens with zero attached hydrogens (tertiary/aromatic N) is 2. The number of imidazole rings is 1. The fraction of sp³-hybridized carbons (Fsp3) is 0.727. The molecular weight excluding hydrogens is 188 g/mol. The molecule has 1 aliphatic rings. The average molecular weight is 208 g/mol. The molecule has 0 aromatic carbocycles. The van der Waals surface area contributed by atoms with Crippen LogP contribution < -0.4 is 10.6 Å². The zero-order chi connectivity index (χ0) is 10.7. The summed E-state index contributed by atoms with van der Waals surface area (Å²) < 4.78 is 2.08. The molecule has 1 fully saturated rings. The maximum Gasteiger partial charge on any atom is 0.109 e. The third-order valence-electron chi connectivity index (χ3n) is 3.19. The van der Waals surface area contributed by atoms with Crippen molar-refractivity contribution in [3.63, 3.8) is 0 Å². The predicted octanol–water partition coefficient (Wildman–Crippen LogP) is 0.304. The van der Waals surface area contributed by atoms with E-state index in [0.29, 0.717) is 0 Å². The van der Waals surface area contributed by atoms with Crippen LogP contribution in [-0.4, -0.2) is 34.7 Å². The molecule has 15 heavy (non-hydrogen) atoms. The molecule has 0 spiro atoms. The topological polar surface area (TPSA) is 41.9 Å². The first-order valence-corrected chi connectivity index (χ1v) is 5.62. The summed E-state index contributed by atoms with van der Waals surface area (Å²) in [5.74, 6) is 1.15. The highest BCUT2D eigenvalue weighted by Gasteiger charge is 2.27. The number of hydrogen-bond donors (Lipinski definition) is 2. The lowest BCUT2D eigenvalue weighted by molar-refractivity contribution is 0.388. The van der Waals surface area contributed by atoms with E-state index in [1.807, 2.05) is 19.4 Å². The maximum atomic E-state index is 4.31. The molecule has 0 aliphatic carbocycles. The molecule has 1 unspecified atom stereocenters. The standard InChI is InChI=1S/C11H20N4/c1-11(4-6-12-9-11)14-5-3-10-13-7-8-15(10)2/h7-8,12,14H,3-6,9H2,1-2H3. The van der Waals surface area contributed by atoms with E-state index in [-0.39, 0.29) is 5.54 Å². The molecule has 2 heterocycles. The first kappa shape index (κ1) is 10.6. The zero-order valence-corrected chi connectivity index (χ0v) is 9.58. The smallest absolute Gasteiger partial charge is 0.109 e. The highest BCUT2D eigenvalue weighted by Crippen LogP contribution is 2.12. The van der Waals surface area contributed by atoms with Gasteiger partial charge in [0.15, 0.2) is 0 Å². The van der Waals surface area contributed by atoms with Crippen molar-refractivity contribution < 1.29 is 0 Å². The quantitative estimate of drug-likeness (QED) is 0.748. The van der Waals surface area contributed by atoms with Crippen molar-refractivity contribution in [1.29, 1.82) is 0 Å². The summed E-state index contributed by atoms with van der Waals surface area (Å²) in [4.78, 5) is 4.31. The summed E-state index contributed by atoms with van der Waals surface area (Å²) in [7, 11) is 2.04. The largest absolute Gasteiger partial charge is 0.338 e. The van der Waals surface area contributed by atoms with Crippen LogP contribution in [0.1, 0.15) is 19.2 Å². The van der Waals surface area contributed by atoms with Crippen molar-refractivity contribution in [2.45, 2.75) is 25.3 Å². The van der Waals surface area contributed by atoms with E-state index in [4.69, 9.17) is 0 Å². The monoisotopic (exact) mass is 208 g/mol. The van der Waals surface area contributed by atoms with Crippen molar-refractivity contribution in [3.05, 3.63) is 18.2 Å². The third-order valence-corrected chi connectivity index (χ3v) is 3.19. The Morgan fingerprint density at radius 3 is 3.13 bits per heavy atom. The van der Waals surface area contributed by atoms with E-state index in [0.717, 1.165) is 31.9 Å². The second-order valence-corrected chi connectivity index (χ2v) is 4.62. The number of aryl methyl sites for hydroxylation is 1. The highest BCUT2D eigenvalue weighted by atomic mass is 15.1. The second-order valence-electron chi connectivity index (χ2n) is 4.62. The fourth-order valence-electron chi connectivity index (χ4n) is 2.08. The van der Waals surface area contributed by atoms with Gasteiger partial charge in [-0.1, -0.05) is 0 Å². The Morgan fingerprint density at radius 2 is 2.53 bits per heavy atom. The van der Waals surface area contributed by atoms with Crippen LogP contribution >= 0.6 is 0 Å². The lowest BCUT2D eigenvalue weighted by atomic mass is 10.0. The SMILES string of the molecule is Cn1ccnc1CCNC1(C)CCNC1. The predicted molar refractivity (Wildman–Crippen MR) is 60.8 cm³/mol. The van der Waals surface area contributed by atoms with Crippen LogP contribution in [-0.2, 0) is 13.5 Å². The van der Waals surface area contributed by atoms with Crippen molar-refractivity contribution in [2.24, 2.45) is 7.05 Å². The van der Waals surface area contributed by atoms with E-state index >= 15 is 0 Å². The Labute approximate surface area is 91.1 Å². The van der Waals surface area contributed by atoms with Crippen LogP contribution in [0.4, 0.5) is 0 Å². The first-order chi connectivity index (χ1) is 7.20. The van der Waals surface area contributed by atoms with Gasteiger partial charge in [-0.05, 0) is 19.9 Å². The molecule has 1 aliphatic heterocycles. The molecule has 1 aromatic heterocycles. The lowest BCUT2D eigenvalue weighted by Crippen LogP contribution is -2.45. The molecule has 0 amide bonds. The first-order valence-electron chi connectivity index (χ1n) is 5.62. The Bertz CT molecular complexity index is 312. The van der Waals surface area contributed by atoms with E-state index in [9.17, 15) is 0 Å². The number of nitrogens with one attached hydrogen (secondary N) is 2. The summed E-state index contributed by atoms with van der Waals surface area (Å²) in [6.07, 6.45) is 6.06. The minimum atomic E-state index is 0.283. The fourth-order valence-corrected chi connectivity index (χ4v) is 2.08. The average Bonchev–Trinajstić information content (AvgIpc) is 2.78. The van der Waals surface area contributed by atoms with Crippen LogP contribution in [0, 0.1) is 0 Å². The number of rotatable bonds is 4. The highest BCUT2D eigenvalue weighted by molar-refractivity contribution is 4.95. The van der Waals surface area contributed by atoms with Gasteiger partial charge in [-0.3, -0.25) is 0 Å². The molecule has 1 saturated heterocycles. The van der Waals surface area contributed by atoms with Gasteiger partial charge in [0, 0.05) is 44.5 Å². The lowest BCUT2D eigenvalue weighted by Gasteiger charge is -2.24. The van der Waals surface area contributed by atoms with E-state index in [1.54, 1.807) is 0 Å². The molecular formula is C11H20N4. The van der Waals surface area contributed by atoms with Gasteiger partial charge in [-0.25, -0.2) is 4.98 Å². The van der Waals surface area contributed by atoms with Gasteiger partial charge in [0.25, 0.3) is 0 Å². The van der Waals surface area contributed by atoms with Crippen LogP contribution in [0.15, 0.2) is 12.4 Å². The van der Waals surface area contributed by atoms with Crippen LogP contribution in [0.25, 0.3) is 0 Å². The second kappa shape index (κ2) is 4.33. The van der Waals surface area contributed by atoms with Crippen molar-refractivity contribution in [1.82, 2.24) is 20.2 Å². The van der Waals surface area contributed by atoms with Crippen LogP contribution in [0.3, 0.4) is 0 Å². The molecule has 0 radical (unpaired) electrons. The summed E-state index contributed by atoms with van der Waals surface area (Å²) in [5.41, 5.74) is 0.283. The van der Waals surface area contributed by atoms with Gasteiger partial charge >= 0.3 is 0 Å². The van der Waals surface area contributed by atoms with Gasteiger partial charge < -0.3 is 15.2 Å². The van der Waals surface area contributed by atoms with Crippen molar-refractivity contribution in [3.8, 4) is 0 Å². The van der Waals surface area contributed by atoms with Crippen LogP contribution in [0.5, 0.6) is 0 Å². The molecule has 4 heteroatoms. The van der Waals surface area contributed by atoms with Gasteiger partial charge in [0.1, 0.15) is 5.82 Å². The maximum absolute atomic E-state index is 4.31. The minimum absolute atomic E-state index is 0.283. The normalized spacial score (nSPS) is 26.0. The van der Waals surface area contributed by atoms with Crippen LogP contribution in [0.2, 0.25) is 0 Å². The number of hydrogen-bond acceptors (Lipinski definition) is 3. The van der Waals surface area contributed by atoms with E-state index in [2.05, 4.69) is 27.1 Å². The van der Waals surface area contributed by atoms with Gasteiger partial charge in [-0.15, -0.1) is 0 Å². The van der Waals surface area contributed by atoms with Gasteiger partial charge in [-0.2, -0.15) is 0 Å². The number of aromatic nitrogens is 2. The summed E-state index contributed by atoms with van der Waals surface area (Å²) >= 11 is 0. The zero-order valence-electron chi connectivity index (χ0n) is 9.58. The Hall–Kier alpha value is -0.870. The Morgan fingerprint density at radius 1 is 1.67 bits per heavy atom. The molecule has 2 rings (SSSR count). The van der Waals surface area contributed by atoms with Gasteiger partial charge in [0.05, 0.1) is 0 Å². The van der Waals surface area contributed by atoms with Crippen molar-refractivity contribution >= 4 is 0 Å². The molecule has 2 N–H and O–H groups in total. The summed E-state index contributed by atoms with van der Waals surface area (Å²) in [6.45, 7) is 5.49. The van der Waals surface area contributed by atoms with E-state index in [1.165, 1.54) is 6.42 Å². The molecule has 0 saturated carbocycles. The van der Waals surface area contributed by atoms with E-state index < -0.39 is 0 Å². The Balaban J connectivity index is 1.77. The third kappa shape index (κ3) is 2.58. The summed E-state index contributed by atoms with van der Waals surface area (Å²) in [6, 6.07) is 0.